The van der Waals surface area contributed by atoms with Crippen molar-refractivity contribution < 1.29 is 17.8 Å². The van der Waals surface area contributed by atoms with Crippen LogP contribution in [0.25, 0.3) is 11.3 Å². The molecular formula is C20H21BF2N4OS. The average Bonchev–Trinajstić information content (AvgIpc) is 3.13. The first-order valence-electron chi connectivity index (χ1n) is 9.14. The molecule has 5 nitrogen and oxygen atoms in total. The van der Waals surface area contributed by atoms with Crippen LogP contribution in [0.4, 0.5) is 25.1 Å². The van der Waals surface area contributed by atoms with E-state index in [-0.39, 0.29) is 11.0 Å². The summed E-state index contributed by atoms with van der Waals surface area (Å²) in [5.41, 5.74) is 3.58. The lowest BCUT2D eigenvalue weighted by Gasteiger charge is -2.27. The van der Waals surface area contributed by atoms with Crippen LogP contribution in [0.15, 0.2) is 58.9 Å². The summed E-state index contributed by atoms with van der Waals surface area (Å²) in [6.45, 7) is 0. The normalized spacial score (nSPS) is 14.6. The smallest absolute Gasteiger partial charge is 0.590 e. The monoisotopic (exact) mass is 414 g/mol. The summed E-state index contributed by atoms with van der Waals surface area (Å²) in [4.78, 5) is 8.26. The van der Waals surface area contributed by atoms with Crippen molar-refractivity contribution in [3.05, 3.63) is 59.5 Å². The van der Waals surface area contributed by atoms with Crippen molar-refractivity contribution in [1.29, 1.82) is 0 Å². The van der Waals surface area contributed by atoms with Crippen molar-refractivity contribution in [2.45, 2.75) is 0 Å². The molecule has 0 saturated carbocycles. The van der Waals surface area contributed by atoms with E-state index in [1.807, 2.05) is 74.4 Å². The highest BCUT2D eigenvalue weighted by Crippen LogP contribution is 2.33. The van der Waals surface area contributed by atoms with Crippen molar-refractivity contribution in [3.8, 4) is 11.3 Å². The van der Waals surface area contributed by atoms with Crippen molar-refractivity contribution in [2.24, 2.45) is 4.99 Å². The van der Waals surface area contributed by atoms with Crippen LogP contribution in [0.3, 0.4) is 0 Å². The van der Waals surface area contributed by atoms with Gasteiger partial charge >= 0.3 is 12.2 Å². The van der Waals surface area contributed by atoms with Gasteiger partial charge in [0, 0.05) is 55.5 Å². The van der Waals surface area contributed by atoms with Gasteiger partial charge in [-0.2, -0.15) is 0 Å². The SMILES string of the molecule is CN(C)c1ccc(C2=Nc3scc(-c4ccc(N(C)C)cc4)[n+]3[B-](F)(F)O2)cc1. The number of fused-ring (bicyclic) bond motifs is 1. The molecule has 150 valence electrons. The summed E-state index contributed by atoms with van der Waals surface area (Å²) in [5, 5.41) is 1.92. The Bertz CT molecular complexity index is 1060. The minimum absolute atomic E-state index is 0.0586. The molecule has 0 fully saturated rings. The van der Waals surface area contributed by atoms with Crippen LogP contribution in [-0.4, -0.2) is 41.1 Å². The third-order valence-corrected chi connectivity index (χ3v) is 5.64. The highest BCUT2D eigenvalue weighted by Gasteiger charge is 2.49. The molecule has 3 aromatic rings. The lowest BCUT2D eigenvalue weighted by Crippen LogP contribution is -2.63. The fraction of sp³-hybridized carbons (Fsp3) is 0.200. The second-order valence-corrected chi connectivity index (χ2v) is 8.09. The summed E-state index contributed by atoms with van der Waals surface area (Å²) in [5.74, 6) is -0.0586. The predicted octanol–water partition coefficient (Wildman–Crippen LogP) is 4.17. The molecule has 2 heterocycles. The topological polar surface area (TPSA) is 31.9 Å². The maximum Gasteiger partial charge on any atom is 0.737 e. The van der Waals surface area contributed by atoms with Gasteiger partial charge in [-0.1, -0.05) is 11.3 Å². The molecule has 0 bridgehead atoms. The molecule has 0 atom stereocenters. The summed E-state index contributed by atoms with van der Waals surface area (Å²) in [6, 6.07) is 14.6. The Morgan fingerprint density at radius 1 is 0.862 bits per heavy atom. The Kier molecular flexibility index (Phi) is 4.78. The molecule has 2 aromatic carbocycles. The standard InChI is InChI=1S/C20H21BF2N4OS/c1-25(2)16-9-5-14(6-10-16)18-13-29-20-24-19(28-21(22,23)27(18)20)15-7-11-17(12-8-15)26(3)4/h5-13H,1-4H3. The first-order valence-corrected chi connectivity index (χ1v) is 10.0. The number of rotatable bonds is 4. The van der Waals surface area contributed by atoms with Crippen molar-refractivity contribution in [2.75, 3.05) is 38.0 Å². The number of hydrogen-bond donors (Lipinski definition) is 0. The molecule has 1 aromatic heterocycles. The minimum Gasteiger partial charge on any atom is -0.590 e. The number of nitrogens with zero attached hydrogens (tertiary/aromatic N) is 4. The lowest BCUT2D eigenvalue weighted by atomic mass is 10.0. The number of anilines is 2. The molecule has 4 rings (SSSR count). The van der Waals surface area contributed by atoms with E-state index in [2.05, 4.69) is 4.99 Å². The van der Waals surface area contributed by atoms with E-state index in [1.54, 1.807) is 17.5 Å². The Labute approximate surface area is 172 Å². The summed E-state index contributed by atoms with van der Waals surface area (Å²) < 4.78 is 36.1. The molecular weight excluding hydrogens is 393 g/mol. The van der Waals surface area contributed by atoms with Gasteiger partial charge in [-0.25, -0.2) is 0 Å². The van der Waals surface area contributed by atoms with Gasteiger partial charge in [0.05, 0.1) is 5.56 Å². The zero-order chi connectivity index (χ0) is 20.8. The molecule has 0 N–H and O–H groups in total. The molecule has 0 amide bonds. The number of hydrogen-bond acceptors (Lipinski definition) is 5. The third kappa shape index (κ3) is 3.58. The van der Waals surface area contributed by atoms with Gasteiger partial charge in [0.25, 0.3) is 5.90 Å². The van der Waals surface area contributed by atoms with E-state index in [0.29, 0.717) is 16.8 Å². The van der Waals surface area contributed by atoms with Crippen LogP contribution in [-0.2, 0) is 4.65 Å². The molecule has 0 aliphatic carbocycles. The second kappa shape index (κ2) is 7.15. The molecule has 1 aliphatic rings. The Morgan fingerprint density at radius 2 is 1.38 bits per heavy atom. The number of halogens is 2. The number of thiazole rings is 1. The summed E-state index contributed by atoms with van der Waals surface area (Å²) >= 11 is 1.18. The van der Waals surface area contributed by atoms with Gasteiger partial charge in [-0.15, -0.1) is 0 Å². The van der Waals surface area contributed by atoms with Gasteiger partial charge in [-0.3, -0.25) is 0 Å². The van der Waals surface area contributed by atoms with E-state index in [1.165, 1.54) is 11.3 Å². The minimum atomic E-state index is -4.30. The maximum atomic E-state index is 15.0. The van der Waals surface area contributed by atoms with Gasteiger partial charge in [0.15, 0.2) is 0 Å². The average molecular weight is 414 g/mol. The second-order valence-electron chi connectivity index (χ2n) is 7.25. The fourth-order valence-corrected chi connectivity index (χ4v) is 4.11. The maximum absolute atomic E-state index is 15.0. The van der Waals surface area contributed by atoms with Gasteiger partial charge in [0.2, 0.25) is 0 Å². The molecule has 1 aliphatic heterocycles. The molecule has 0 unspecified atom stereocenters. The third-order valence-electron chi connectivity index (χ3n) is 4.80. The molecule has 0 spiro atoms. The largest absolute Gasteiger partial charge is 0.737 e. The Morgan fingerprint density at radius 3 is 1.90 bits per heavy atom. The zero-order valence-corrected chi connectivity index (χ0v) is 17.5. The summed E-state index contributed by atoms with van der Waals surface area (Å²) in [7, 11) is 3.40. The van der Waals surface area contributed by atoms with E-state index in [9.17, 15) is 0 Å². The van der Waals surface area contributed by atoms with E-state index in [0.717, 1.165) is 15.9 Å². The molecule has 29 heavy (non-hydrogen) atoms. The molecule has 9 heteroatoms. The number of aliphatic imine (C=N–C) groups is 1. The van der Waals surface area contributed by atoms with Crippen LogP contribution in [0.2, 0.25) is 0 Å². The highest BCUT2D eigenvalue weighted by atomic mass is 32.1. The summed E-state index contributed by atoms with van der Waals surface area (Å²) in [6.07, 6.45) is 0. The van der Waals surface area contributed by atoms with Crippen LogP contribution in [0.5, 0.6) is 0 Å². The van der Waals surface area contributed by atoms with Gasteiger partial charge in [-0.05, 0) is 48.5 Å². The quantitative estimate of drug-likeness (QED) is 0.601. The van der Waals surface area contributed by atoms with Crippen LogP contribution < -0.4 is 14.3 Å². The predicted molar refractivity (Wildman–Crippen MR) is 116 cm³/mol. The fourth-order valence-electron chi connectivity index (χ4n) is 3.17. The van der Waals surface area contributed by atoms with Gasteiger partial charge < -0.3 is 27.6 Å². The van der Waals surface area contributed by atoms with E-state index >= 15 is 8.63 Å². The first kappa shape index (κ1) is 19.4. The van der Waals surface area contributed by atoms with Crippen LogP contribution in [0, 0.1) is 0 Å². The van der Waals surface area contributed by atoms with E-state index in [4.69, 9.17) is 4.65 Å². The zero-order valence-electron chi connectivity index (χ0n) is 16.6. The van der Waals surface area contributed by atoms with Crippen molar-refractivity contribution in [1.82, 2.24) is 0 Å². The highest BCUT2D eigenvalue weighted by molar-refractivity contribution is 7.13. The van der Waals surface area contributed by atoms with Crippen LogP contribution >= 0.6 is 11.3 Å². The molecule has 0 radical (unpaired) electrons. The molecule has 0 saturated heterocycles. The Balaban J connectivity index is 1.73. The lowest BCUT2D eigenvalue weighted by molar-refractivity contribution is -0.552. The van der Waals surface area contributed by atoms with Gasteiger partial charge in [0.1, 0.15) is 5.69 Å². The van der Waals surface area contributed by atoms with E-state index < -0.39 is 7.04 Å². The number of benzene rings is 2. The van der Waals surface area contributed by atoms with Crippen molar-refractivity contribution in [3.63, 3.8) is 0 Å². The van der Waals surface area contributed by atoms with Crippen molar-refractivity contribution >= 4 is 40.8 Å². The van der Waals surface area contributed by atoms with Crippen LogP contribution in [0.1, 0.15) is 5.56 Å². The first-order chi connectivity index (χ1) is 13.8. The number of aromatic nitrogens is 1. The Hall–Kier alpha value is -2.94.